The molecule has 1 N–H and O–H groups in total. The summed E-state index contributed by atoms with van der Waals surface area (Å²) in [5, 5.41) is 2.82. The molecular formula is C11H9BrF3NO2. The van der Waals surface area contributed by atoms with Crippen molar-refractivity contribution in [2.24, 2.45) is 0 Å². The fourth-order valence-corrected chi connectivity index (χ4v) is 2.11. The van der Waals surface area contributed by atoms with Crippen LogP contribution in [0.25, 0.3) is 0 Å². The number of ether oxygens (including phenoxy) is 1. The number of alkyl halides is 2. The highest BCUT2D eigenvalue weighted by Crippen LogP contribution is 2.31. The number of hydrogen-bond acceptors (Lipinski definition) is 3. The van der Waals surface area contributed by atoms with E-state index in [2.05, 4.69) is 26.0 Å². The number of carbonyl (C=O) groups is 1. The van der Waals surface area contributed by atoms with Crippen LogP contribution in [-0.2, 0) is 9.53 Å². The SMILES string of the molecule is O=C1OC(CNc2ccc(F)cc2Br)CC1(F)F. The summed E-state index contributed by atoms with van der Waals surface area (Å²) in [4.78, 5) is 10.8. The van der Waals surface area contributed by atoms with Crippen LogP contribution in [0.2, 0.25) is 0 Å². The first kappa shape index (κ1) is 13.2. The summed E-state index contributed by atoms with van der Waals surface area (Å²) in [7, 11) is 0. The summed E-state index contributed by atoms with van der Waals surface area (Å²) in [5.74, 6) is -5.31. The Morgan fingerprint density at radius 1 is 1.50 bits per heavy atom. The fraction of sp³-hybridized carbons (Fsp3) is 0.364. The van der Waals surface area contributed by atoms with Crippen molar-refractivity contribution in [3.63, 3.8) is 0 Å². The predicted octanol–water partition coefficient (Wildman–Crippen LogP) is 2.95. The van der Waals surface area contributed by atoms with Gasteiger partial charge in [0.25, 0.3) is 0 Å². The smallest absolute Gasteiger partial charge is 0.377 e. The maximum absolute atomic E-state index is 12.9. The molecule has 0 radical (unpaired) electrons. The number of hydrogen-bond donors (Lipinski definition) is 1. The molecule has 1 unspecified atom stereocenters. The van der Waals surface area contributed by atoms with Gasteiger partial charge < -0.3 is 10.1 Å². The number of anilines is 1. The molecule has 1 heterocycles. The minimum Gasteiger partial charge on any atom is -0.456 e. The van der Waals surface area contributed by atoms with Crippen LogP contribution in [-0.4, -0.2) is 24.5 Å². The third-order valence-corrected chi connectivity index (χ3v) is 3.16. The number of rotatable bonds is 3. The lowest BCUT2D eigenvalue weighted by Gasteiger charge is -2.12. The van der Waals surface area contributed by atoms with Crippen LogP contribution < -0.4 is 5.32 Å². The zero-order valence-corrected chi connectivity index (χ0v) is 10.6. The van der Waals surface area contributed by atoms with E-state index in [1.165, 1.54) is 18.2 Å². The average molecular weight is 324 g/mol. The van der Waals surface area contributed by atoms with Gasteiger partial charge in [-0.3, -0.25) is 0 Å². The molecule has 7 heteroatoms. The number of esters is 1. The van der Waals surface area contributed by atoms with Crippen molar-refractivity contribution in [2.45, 2.75) is 18.4 Å². The molecule has 1 aromatic rings. The Morgan fingerprint density at radius 2 is 2.22 bits per heavy atom. The van der Waals surface area contributed by atoms with Gasteiger partial charge in [-0.2, -0.15) is 8.78 Å². The number of benzene rings is 1. The number of nitrogens with one attached hydrogen (secondary N) is 1. The normalized spacial score (nSPS) is 21.8. The Balaban J connectivity index is 1.95. The highest BCUT2D eigenvalue weighted by molar-refractivity contribution is 9.10. The van der Waals surface area contributed by atoms with Gasteiger partial charge in [0.2, 0.25) is 0 Å². The van der Waals surface area contributed by atoms with Crippen LogP contribution >= 0.6 is 15.9 Å². The van der Waals surface area contributed by atoms with Crippen LogP contribution in [0.1, 0.15) is 6.42 Å². The van der Waals surface area contributed by atoms with E-state index < -0.39 is 30.2 Å². The zero-order chi connectivity index (χ0) is 13.3. The molecule has 1 atom stereocenters. The lowest BCUT2D eigenvalue weighted by atomic mass is 10.2. The van der Waals surface area contributed by atoms with Crippen molar-refractivity contribution >= 4 is 27.6 Å². The molecule has 0 spiro atoms. The molecule has 1 aliphatic heterocycles. The standard InChI is InChI=1S/C11H9BrF3NO2/c12-8-3-6(13)1-2-9(8)16-5-7-4-11(14,15)10(17)18-7/h1-3,7,16H,4-5H2. The fourth-order valence-electron chi connectivity index (χ4n) is 1.62. The van der Waals surface area contributed by atoms with Crippen LogP contribution in [0.5, 0.6) is 0 Å². The van der Waals surface area contributed by atoms with Gasteiger partial charge in [0.1, 0.15) is 11.9 Å². The summed E-state index contributed by atoms with van der Waals surface area (Å²) in [5.41, 5.74) is 0.544. The number of halogens is 4. The molecule has 0 bridgehead atoms. The molecule has 1 aromatic carbocycles. The molecule has 1 saturated heterocycles. The summed E-state index contributed by atoms with van der Waals surface area (Å²) in [6.07, 6.45) is -1.53. The van der Waals surface area contributed by atoms with Crippen LogP contribution in [0.3, 0.4) is 0 Å². The first-order chi connectivity index (χ1) is 8.38. The van der Waals surface area contributed by atoms with E-state index >= 15 is 0 Å². The Labute approximate surface area is 109 Å². The quantitative estimate of drug-likeness (QED) is 0.869. The Bertz CT molecular complexity index is 481. The Hall–Kier alpha value is -1.24. The Morgan fingerprint density at radius 3 is 2.78 bits per heavy atom. The van der Waals surface area contributed by atoms with Crippen molar-refractivity contribution < 1.29 is 22.7 Å². The van der Waals surface area contributed by atoms with E-state index in [9.17, 15) is 18.0 Å². The molecule has 0 amide bonds. The molecule has 0 saturated carbocycles. The largest absolute Gasteiger partial charge is 0.456 e. The Kier molecular flexibility index (Phi) is 3.52. The van der Waals surface area contributed by atoms with Gasteiger partial charge in [-0.15, -0.1) is 0 Å². The molecular weight excluding hydrogens is 315 g/mol. The molecule has 0 aromatic heterocycles. The summed E-state index contributed by atoms with van der Waals surface area (Å²) in [6.45, 7) is 0.0472. The van der Waals surface area contributed by atoms with Gasteiger partial charge in [0.05, 0.1) is 13.0 Å². The van der Waals surface area contributed by atoms with Gasteiger partial charge in [-0.05, 0) is 34.1 Å². The van der Waals surface area contributed by atoms with Crippen LogP contribution in [0.4, 0.5) is 18.9 Å². The highest BCUT2D eigenvalue weighted by Gasteiger charge is 2.50. The van der Waals surface area contributed by atoms with Crippen molar-refractivity contribution in [2.75, 3.05) is 11.9 Å². The van der Waals surface area contributed by atoms with Gasteiger partial charge in [-0.1, -0.05) is 0 Å². The van der Waals surface area contributed by atoms with Crippen molar-refractivity contribution in [1.82, 2.24) is 0 Å². The first-order valence-corrected chi connectivity index (χ1v) is 5.95. The minimum atomic E-state index is -3.41. The predicted molar refractivity (Wildman–Crippen MR) is 62.0 cm³/mol. The minimum absolute atomic E-state index is 0.0472. The number of carbonyl (C=O) groups excluding carboxylic acids is 1. The van der Waals surface area contributed by atoms with E-state index in [0.717, 1.165) is 0 Å². The second kappa shape index (κ2) is 4.79. The van der Waals surface area contributed by atoms with Crippen molar-refractivity contribution in [3.05, 3.63) is 28.5 Å². The van der Waals surface area contributed by atoms with Crippen LogP contribution in [0, 0.1) is 5.82 Å². The topological polar surface area (TPSA) is 38.3 Å². The van der Waals surface area contributed by atoms with E-state index in [0.29, 0.717) is 10.2 Å². The summed E-state index contributed by atoms with van der Waals surface area (Å²) in [6, 6.07) is 3.95. The van der Waals surface area contributed by atoms with E-state index in [1.54, 1.807) is 0 Å². The third-order valence-electron chi connectivity index (χ3n) is 2.51. The van der Waals surface area contributed by atoms with Gasteiger partial charge in [0, 0.05) is 10.2 Å². The highest BCUT2D eigenvalue weighted by atomic mass is 79.9. The summed E-state index contributed by atoms with van der Waals surface area (Å²) >= 11 is 3.13. The molecule has 1 aliphatic rings. The van der Waals surface area contributed by atoms with Crippen LogP contribution in [0.15, 0.2) is 22.7 Å². The zero-order valence-electron chi connectivity index (χ0n) is 9.05. The molecule has 18 heavy (non-hydrogen) atoms. The van der Waals surface area contributed by atoms with E-state index in [1.807, 2.05) is 0 Å². The number of cyclic esters (lactones) is 1. The van der Waals surface area contributed by atoms with Crippen molar-refractivity contribution in [1.29, 1.82) is 0 Å². The maximum Gasteiger partial charge on any atom is 0.377 e. The lowest BCUT2D eigenvalue weighted by molar-refractivity contribution is -0.158. The first-order valence-electron chi connectivity index (χ1n) is 5.16. The van der Waals surface area contributed by atoms with E-state index in [4.69, 9.17) is 0 Å². The van der Waals surface area contributed by atoms with Crippen molar-refractivity contribution in [3.8, 4) is 0 Å². The molecule has 1 fully saturated rings. The molecule has 3 nitrogen and oxygen atoms in total. The maximum atomic E-state index is 12.9. The average Bonchev–Trinajstić information content (AvgIpc) is 2.51. The monoisotopic (exact) mass is 323 g/mol. The molecule has 2 rings (SSSR count). The third kappa shape index (κ3) is 2.77. The molecule has 98 valence electrons. The van der Waals surface area contributed by atoms with Gasteiger partial charge >= 0.3 is 11.9 Å². The molecule has 0 aliphatic carbocycles. The lowest BCUT2D eigenvalue weighted by Crippen LogP contribution is -2.22. The van der Waals surface area contributed by atoms with Gasteiger partial charge in [-0.25, -0.2) is 9.18 Å². The summed E-state index contributed by atoms with van der Waals surface area (Å²) < 4.78 is 43.6. The van der Waals surface area contributed by atoms with Gasteiger partial charge in [0.15, 0.2) is 0 Å². The second-order valence-corrected chi connectivity index (χ2v) is 4.80. The second-order valence-electron chi connectivity index (χ2n) is 3.94. The van der Waals surface area contributed by atoms with E-state index in [-0.39, 0.29) is 6.54 Å².